The molecule has 1 heterocycles. The molecule has 2 amide bonds. The first-order valence-electron chi connectivity index (χ1n) is 12.0. The van der Waals surface area contributed by atoms with Gasteiger partial charge in [-0.25, -0.2) is 9.59 Å². The largest absolute Gasteiger partial charge is 0.573 e. The predicted molar refractivity (Wildman–Crippen MR) is 138 cm³/mol. The van der Waals surface area contributed by atoms with Gasteiger partial charge in [-0.3, -0.25) is 0 Å². The second-order valence-corrected chi connectivity index (χ2v) is 10.3. The molecule has 0 saturated heterocycles. The fourth-order valence-corrected chi connectivity index (χ4v) is 4.17. The molecule has 0 fully saturated rings. The SMILES string of the molecule is CCNC(=O)OC(Cc1ccc(CNC(=O)OC(C)(C)C)cc1)c1nnc(-c2cccc(OC(F)(F)F)c2)s1. The number of halogens is 3. The van der Waals surface area contributed by atoms with Crippen LogP contribution in [0.2, 0.25) is 0 Å². The predicted octanol–water partition coefficient (Wildman–Crippen LogP) is 6.16. The topological polar surface area (TPSA) is 112 Å². The van der Waals surface area contributed by atoms with Gasteiger partial charge in [-0.2, -0.15) is 0 Å². The number of rotatable bonds is 9. The minimum atomic E-state index is -4.82. The van der Waals surface area contributed by atoms with Crippen LogP contribution >= 0.6 is 11.3 Å². The summed E-state index contributed by atoms with van der Waals surface area (Å²) in [7, 11) is 0. The number of amides is 2. The highest BCUT2D eigenvalue weighted by molar-refractivity contribution is 7.14. The third-order valence-corrected chi connectivity index (χ3v) is 5.95. The Morgan fingerprint density at radius 2 is 1.67 bits per heavy atom. The highest BCUT2D eigenvalue weighted by atomic mass is 32.1. The molecule has 0 aliphatic rings. The van der Waals surface area contributed by atoms with Gasteiger partial charge in [-0.15, -0.1) is 23.4 Å². The average Bonchev–Trinajstić information content (AvgIpc) is 3.32. The van der Waals surface area contributed by atoms with Gasteiger partial charge < -0.3 is 24.8 Å². The van der Waals surface area contributed by atoms with E-state index in [1.54, 1.807) is 33.8 Å². The monoisotopic (exact) mass is 566 g/mol. The molecule has 0 saturated carbocycles. The number of nitrogens with zero attached hydrogens (tertiary/aromatic N) is 2. The van der Waals surface area contributed by atoms with Crippen LogP contribution in [-0.4, -0.2) is 40.9 Å². The molecule has 0 radical (unpaired) electrons. The Morgan fingerprint density at radius 1 is 0.974 bits per heavy atom. The quantitative estimate of drug-likeness (QED) is 0.319. The lowest BCUT2D eigenvalue weighted by atomic mass is 10.1. The van der Waals surface area contributed by atoms with E-state index in [4.69, 9.17) is 9.47 Å². The third kappa shape index (κ3) is 10.1. The van der Waals surface area contributed by atoms with Crippen molar-refractivity contribution in [2.75, 3.05) is 6.54 Å². The minimum absolute atomic E-state index is 0.267. The molecule has 13 heteroatoms. The average molecular weight is 567 g/mol. The number of alkyl halides is 3. The molecule has 2 aromatic carbocycles. The van der Waals surface area contributed by atoms with Crippen molar-refractivity contribution in [3.05, 3.63) is 64.7 Å². The van der Waals surface area contributed by atoms with Crippen LogP contribution in [0.1, 0.15) is 49.9 Å². The molecule has 0 aliphatic carbocycles. The van der Waals surface area contributed by atoms with Gasteiger partial charge in [0.2, 0.25) is 0 Å². The maximum atomic E-state index is 12.6. The summed E-state index contributed by atoms with van der Waals surface area (Å²) in [6.45, 7) is 7.71. The molecular weight excluding hydrogens is 537 g/mol. The number of ether oxygens (including phenoxy) is 3. The summed E-state index contributed by atoms with van der Waals surface area (Å²) in [5, 5.41) is 14.2. The van der Waals surface area contributed by atoms with Crippen molar-refractivity contribution in [1.82, 2.24) is 20.8 Å². The van der Waals surface area contributed by atoms with Gasteiger partial charge >= 0.3 is 18.5 Å². The smallest absolute Gasteiger partial charge is 0.444 e. The first-order valence-corrected chi connectivity index (χ1v) is 12.8. The molecule has 2 N–H and O–H groups in total. The Bertz CT molecular complexity index is 1260. The van der Waals surface area contributed by atoms with Crippen molar-refractivity contribution in [2.24, 2.45) is 0 Å². The third-order valence-electron chi connectivity index (χ3n) is 4.88. The molecule has 0 aliphatic heterocycles. The van der Waals surface area contributed by atoms with Crippen LogP contribution in [0.3, 0.4) is 0 Å². The summed E-state index contributed by atoms with van der Waals surface area (Å²) in [5.41, 5.74) is 1.43. The Balaban J connectivity index is 1.73. The van der Waals surface area contributed by atoms with E-state index in [1.165, 1.54) is 18.2 Å². The van der Waals surface area contributed by atoms with Gasteiger partial charge in [0.1, 0.15) is 16.4 Å². The fourth-order valence-electron chi connectivity index (χ4n) is 3.30. The van der Waals surface area contributed by atoms with Crippen LogP contribution in [0, 0.1) is 0 Å². The van der Waals surface area contributed by atoms with Crippen molar-refractivity contribution >= 4 is 23.5 Å². The maximum Gasteiger partial charge on any atom is 0.573 e. The van der Waals surface area contributed by atoms with E-state index in [1.807, 2.05) is 24.3 Å². The number of benzene rings is 2. The Kier molecular flexibility index (Phi) is 9.73. The van der Waals surface area contributed by atoms with Crippen molar-refractivity contribution in [1.29, 1.82) is 0 Å². The van der Waals surface area contributed by atoms with E-state index in [0.717, 1.165) is 22.5 Å². The molecule has 1 unspecified atom stereocenters. The second kappa shape index (κ2) is 12.8. The van der Waals surface area contributed by atoms with Crippen molar-refractivity contribution in [3.63, 3.8) is 0 Å². The van der Waals surface area contributed by atoms with Crippen LogP contribution in [-0.2, 0) is 22.4 Å². The number of hydrogen-bond donors (Lipinski definition) is 2. The van der Waals surface area contributed by atoms with Crippen LogP contribution < -0.4 is 15.4 Å². The van der Waals surface area contributed by atoms with E-state index in [2.05, 4.69) is 25.6 Å². The van der Waals surface area contributed by atoms with E-state index < -0.39 is 30.3 Å². The Morgan fingerprint density at radius 3 is 2.31 bits per heavy atom. The summed E-state index contributed by atoms with van der Waals surface area (Å²) < 4.78 is 52.6. The first-order chi connectivity index (χ1) is 18.3. The zero-order valence-electron chi connectivity index (χ0n) is 21.8. The van der Waals surface area contributed by atoms with Gasteiger partial charge in [0.05, 0.1) is 0 Å². The standard InChI is InChI=1S/C26H29F3N4O5S/c1-5-30-23(34)36-20(13-16-9-11-17(12-10-16)15-31-24(35)38-25(2,3)4)22-33-32-21(39-22)18-7-6-8-19(14-18)37-26(27,28)29/h6-12,14,20H,5,13,15H2,1-4H3,(H,30,34)(H,31,35). The van der Waals surface area contributed by atoms with E-state index in [0.29, 0.717) is 22.1 Å². The highest BCUT2D eigenvalue weighted by Gasteiger charge is 2.31. The number of aromatic nitrogens is 2. The van der Waals surface area contributed by atoms with E-state index in [-0.39, 0.29) is 18.7 Å². The van der Waals surface area contributed by atoms with E-state index in [9.17, 15) is 22.8 Å². The lowest BCUT2D eigenvalue weighted by Gasteiger charge is -2.19. The summed E-state index contributed by atoms with van der Waals surface area (Å²) in [6.07, 6.45) is -6.52. The van der Waals surface area contributed by atoms with Gasteiger partial charge in [0, 0.05) is 25.1 Å². The van der Waals surface area contributed by atoms with Crippen LogP contribution in [0.5, 0.6) is 5.75 Å². The summed E-state index contributed by atoms with van der Waals surface area (Å²) in [5.74, 6) is -0.381. The maximum absolute atomic E-state index is 12.6. The number of hydrogen-bond acceptors (Lipinski definition) is 8. The fraction of sp³-hybridized carbons (Fsp3) is 0.385. The molecule has 1 atom stereocenters. The van der Waals surface area contributed by atoms with Gasteiger partial charge in [0.15, 0.2) is 11.1 Å². The zero-order chi connectivity index (χ0) is 28.6. The zero-order valence-corrected chi connectivity index (χ0v) is 22.6. The molecule has 3 aromatic rings. The molecule has 3 rings (SSSR count). The minimum Gasteiger partial charge on any atom is -0.444 e. The van der Waals surface area contributed by atoms with Crippen molar-refractivity contribution in [2.45, 2.75) is 58.7 Å². The highest BCUT2D eigenvalue weighted by Crippen LogP contribution is 2.33. The Labute approximate surface area is 227 Å². The number of carbonyl (C=O) groups is 2. The summed E-state index contributed by atoms with van der Waals surface area (Å²) in [4.78, 5) is 24.1. The summed E-state index contributed by atoms with van der Waals surface area (Å²) in [6, 6.07) is 12.7. The van der Waals surface area contributed by atoms with Crippen LogP contribution in [0.4, 0.5) is 22.8 Å². The molecule has 0 spiro atoms. The van der Waals surface area contributed by atoms with Crippen LogP contribution in [0.15, 0.2) is 48.5 Å². The lowest BCUT2D eigenvalue weighted by molar-refractivity contribution is -0.274. The molecule has 1 aromatic heterocycles. The van der Waals surface area contributed by atoms with Crippen molar-refractivity contribution < 1.29 is 37.0 Å². The molecular formula is C26H29F3N4O5S. The molecule has 39 heavy (non-hydrogen) atoms. The number of carbonyl (C=O) groups excluding carboxylic acids is 2. The van der Waals surface area contributed by atoms with Gasteiger partial charge in [-0.05, 0) is 51.0 Å². The normalized spacial score (nSPS) is 12.4. The second-order valence-electron chi connectivity index (χ2n) is 9.32. The number of alkyl carbamates (subject to hydrolysis) is 2. The van der Waals surface area contributed by atoms with Crippen molar-refractivity contribution in [3.8, 4) is 16.3 Å². The first kappa shape index (κ1) is 29.7. The summed E-state index contributed by atoms with van der Waals surface area (Å²) >= 11 is 1.09. The Hall–Kier alpha value is -3.87. The van der Waals surface area contributed by atoms with Crippen LogP contribution in [0.25, 0.3) is 10.6 Å². The lowest BCUT2D eigenvalue weighted by Crippen LogP contribution is -2.32. The van der Waals surface area contributed by atoms with E-state index >= 15 is 0 Å². The molecule has 0 bridgehead atoms. The van der Waals surface area contributed by atoms with Gasteiger partial charge in [0.25, 0.3) is 0 Å². The molecule has 9 nitrogen and oxygen atoms in total. The molecule has 210 valence electrons. The number of nitrogens with one attached hydrogen (secondary N) is 2. The van der Waals surface area contributed by atoms with Gasteiger partial charge in [-0.1, -0.05) is 47.7 Å².